The normalized spacial score (nSPS) is 13.8. The highest BCUT2D eigenvalue weighted by Gasteiger charge is 2.28. The molecule has 1 heterocycles. The lowest BCUT2D eigenvalue weighted by molar-refractivity contribution is -0.116. The second-order valence-corrected chi connectivity index (χ2v) is 10.8. The van der Waals surface area contributed by atoms with Crippen molar-refractivity contribution in [3.63, 3.8) is 0 Å². The molecule has 3 aromatic carbocycles. The molecule has 0 N–H and O–H groups in total. The van der Waals surface area contributed by atoms with Crippen molar-refractivity contribution < 1.29 is 13.2 Å². The third-order valence-electron chi connectivity index (χ3n) is 5.51. The van der Waals surface area contributed by atoms with Gasteiger partial charge in [-0.15, -0.1) is 11.8 Å². The van der Waals surface area contributed by atoms with Crippen LogP contribution in [0.2, 0.25) is 0 Å². The SMILES string of the molecule is CC(=O)N1CCSc2ccc(S(=O)(=O)N(CCc3ccccc3)Cc3ccccc3)cc21. The van der Waals surface area contributed by atoms with Gasteiger partial charge in [0.2, 0.25) is 15.9 Å². The monoisotopic (exact) mass is 466 g/mol. The van der Waals surface area contributed by atoms with Crippen molar-refractivity contribution in [3.05, 3.63) is 90.0 Å². The first kappa shape index (κ1) is 22.6. The van der Waals surface area contributed by atoms with Crippen molar-refractivity contribution in [2.75, 3.05) is 23.7 Å². The van der Waals surface area contributed by atoms with Gasteiger partial charge in [0.1, 0.15) is 0 Å². The molecule has 0 bridgehead atoms. The van der Waals surface area contributed by atoms with E-state index in [0.717, 1.165) is 21.8 Å². The zero-order valence-corrected chi connectivity index (χ0v) is 19.6. The number of anilines is 1. The number of rotatable bonds is 7. The summed E-state index contributed by atoms with van der Waals surface area (Å²) in [7, 11) is -3.77. The summed E-state index contributed by atoms with van der Waals surface area (Å²) in [5.41, 5.74) is 2.70. The third-order valence-corrected chi connectivity index (χ3v) is 8.39. The lowest BCUT2D eigenvalue weighted by Crippen LogP contribution is -2.35. The van der Waals surface area contributed by atoms with Gasteiger partial charge >= 0.3 is 0 Å². The number of carbonyl (C=O) groups excluding carboxylic acids is 1. The van der Waals surface area contributed by atoms with E-state index in [9.17, 15) is 13.2 Å². The van der Waals surface area contributed by atoms with E-state index in [4.69, 9.17) is 0 Å². The maximum Gasteiger partial charge on any atom is 0.243 e. The van der Waals surface area contributed by atoms with Crippen LogP contribution in [0.5, 0.6) is 0 Å². The minimum Gasteiger partial charge on any atom is -0.311 e. The summed E-state index contributed by atoms with van der Waals surface area (Å²) in [5.74, 6) is 0.724. The van der Waals surface area contributed by atoms with Crippen LogP contribution in [0.25, 0.3) is 0 Å². The van der Waals surface area contributed by atoms with Crippen molar-refractivity contribution in [2.24, 2.45) is 0 Å². The molecule has 32 heavy (non-hydrogen) atoms. The van der Waals surface area contributed by atoms with Crippen molar-refractivity contribution in [1.82, 2.24) is 4.31 Å². The summed E-state index contributed by atoms with van der Waals surface area (Å²) in [6.45, 7) is 2.75. The molecule has 4 rings (SSSR count). The molecule has 0 atom stereocenters. The van der Waals surface area contributed by atoms with Crippen LogP contribution < -0.4 is 4.90 Å². The molecule has 166 valence electrons. The number of thioether (sulfide) groups is 1. The van der Waals surface area contributed by atoms with Gasteiger partial charge in [0.15, 0.2) is 0 Å². The van der Waals surface area contributed by atoms with Crippen LogP contribution in [0.15, 0.2) is 88.7 Å². The fourth-order valence-electron chi connectivity index (χ4n) is 3.80. The van der Waals surface area contributed by atoms with E-state index in [1.165, 1.54) is 11.2 Å². The average Bonchev–Trinajstić information content (AvgIpc) is 2.82. The predicted octanol–water partition coefficient (Wildman–Crippen LogP) is 4.58. The maximum absolute atomic E-state index is 13.7. The highest BCUT2D eigenvalue weighted by Crippen LogP contribution is 2.37. The number of nitrogens with zero attached hydrogens (tertiary/aromatic N) is 2. The Hall–Kier alpha value is -2.61. The van der Waals surface area contributed by atoms with Crippen LogP contribution in [0.1, 0.15) is 18.1 Å². The van der Waals surface area contributed by atoms with Crippen LogP contribution in [-0.4, -0.2) is 37.5 Å². The molecule has 0 saturated carbocycles. The molecule has 0 aliphatic carbocycles. The van der Waals surface area contributed by atoms with Gasteiger partial charge in [0, 0.05) is 37.2 Å². The molecule has 0 aromatic heterocycles. The van der Waals surface area contributed by atoms with Crippen LogP contribution in [-0.2, 0) is 27.8 Å². The van der Waals surface area contributed by atoms with Gasteiger partial charge in [-0.1, -0.05) is 60.7 Å². The molecule has 1 aliphatic rings. The lowest BCUT2D eigenvalue weighted by atomic mass is 10.1. The van der Waals surface area contributed by atoms with Gasteiger partial charge < -0.3 is 4.90 Å². The molecule has 1 aliphatic heterocycles. The van der Waals surface area contributed by atoms with E-state index < -0.39 is 10.0 Å². The second-order valence-electron chi connectivity index (χ2n) is 7.71. The van der Waals surface area contributed by atoms with Gasteiger partial charge in [-0.05, 0) is 35.7 Å². The van der Waals surface area contributed by atoms with Crippen LogP contribution in [0.4, 0.5) is 5.69 Å². The first-order chi connectivity index (χ1) is 15.4. The molecule has 0 fully saturated rings. The first-order valence-corrected chi connectivity index (χ1v) is 13.0. The van der Waals surface area contributed by atoms with Crippen molar-refractivity contribution in [1.29, 1.82) is 0 Å². The first-order valence-electron chi connectivity index (χ1n) is 10.6. The standard InChI is InChI=1S/C25H26N2O3S2/c1-20(28)27-16-17-31-25-13-12-23(18-24(25)27)32(29,30)26(19-22-10-6-3-7-11-22)15-14-21-8-4-2-5-9-21/h2-13,18H,14-17,19H2,1H3. The molecule has 0 radical (unpaired) electrons. The molecule has 7 heteroatoms. The minimum absolute atomic E-state index is 0.0775. The Labute approximate surface area is 194 Å². The Morgan fingerprint density at radius 3 is 2.28 bits per heavy atom. The summed E-state index contributed by atoms with van der Waals surface area (Å²) in [6.07, 6.45) is 0.618. The van der Waals surface area contributed by atoms with Gasteiger partial charge in [-0.2, -0.15) is 4.31 Å². The Balaban J connectivity index is 1.67. The maximum atomic E-state index is 13.7. The Kier molecular flexibility index (Phi) is 6.98. The van der Waals surface area contributed by atoms with Crippen molar-refractivity contribution in [3.8, 4) is 0 Å². The van der Waals surface area contributed by atoms with Crippen molar-refractivity contribution >= 4 is 33.4 Å². The molecule has 5 nitrogen and oxygen atoms in total. The molecule has 3 aromatic rings. The summed E-state index contributed by atoms with van der Waals surface area (Å²) < 4.78 is 29.0. The summed E-state index contributed by atoms with van der Waals surface area (Å²) in [6, 6.07) is 24.6. The van der Waals surface area contributed by atoms with E-state index in [1.54, 1.807) is 28.8 Å². The van der Waals surface area contributed by atoms with E-state index >= 15 is 0 Å². The van der Waals surface area contributed by atoms with E-state index in [2.05, 4.69) is 0 Å². The fourth-order valence-corrected chi connectivity index (χ4v) is 6.23. The number of amides is 1. The highest BCUT2D eigenvalue weighted by molar-refractivity contribution is 7.99. The smallest absolute Gasteiger partial charge is 0.243 e. The average molecular weight is 467 g/mol. The highest BCUT2D eigenvalue weighted by atomic mass is 32.2. The number of hydrogen-bond acceptors (Lipinski definition) is 4. The third kappa shape index (κ3) is 5.06. The van der Waals surface area contributed by atoms with Crippen LogP contribution in [0.3, 0.4) is 0 Å². The number of fused-ring (bicyclic) bond motifs is 1. The minimum atomic E-state index is -3.77. The van der Waals surface area contributed by atoms with E-state index in [-0.39, 0.29) is 17.3 Å². The number of benzene rings is 3. The Bertz CT molecular complexity index is 1180. The zero-order valence-electron chi connectivity index (χ0n) is 18.0. The van der Waals surface area contributed by atoms with Crippen molar-refractivity contribution in [2.45, 2.75) is 29.7 Å². The zero-order chi connectivity index (χ0) is 22.6. The van der Waals surface area contributed by atoms with Crippen LogP contribution in [0, 0.1) is 0 Å². The predicted molar refractivity (Wildman–Crippen MR) is 129 cm³/mol. The van der Waals surface area contributed by atoms with E-state index in [0.29, 0.717) is 25.2 Å². The second kappa shape index (κ2) is 9.90. The Morgan fingerprint density at radius 1 is 0.969 bits per heavy atom. The largest absolute Gasteiger partial charge is 0.311 e. The molecule has 0 unspecified atom stereocenters. The Morgan fingerprint density at radius 2 is 1.62 bits per heavy atom. The summed E-state index contributed by atoms with van der Waals surface area (Å²) in [5, 5.41) is 0. The van der Waals surface area contributed by atoms with Gasteiger partial charge in [-0.25, -0.2) is 8.42 Å². The fraction of sp³-hybridized carbons (Fsp3) is 0.240. The number of sulfonamides is 1. The molecule has 1 amide bonds. The van der Waals surface area contributed by atoms with Gasteiger partial charge in [0.25, 0.3) is 0 Å². The summed E-state index contributed by atoms with van der Waals surface area (Å²) in [4.78, 5) is 14.9. The molecule has 0 spiro atoms. The van der Waals surface area contributed by atoms with Crippen LogP contribution >= 0.6 is 11.8 Å². The van der Waals surface area contributed by atoms with Gasteiger partial charge in [0.05, 0.1) is 10.6 Å². The summed E-state index contributed by atoms with van der Waals surface area (Å²) >= 11 is 1.65. The quantitative estimate of drug-likeness (QED) is 0.512. The molecule has 0 saturated heterocycles. The van der Waals surface area contributed by atoms with Gasteiger partial charge in [-0.3, -0.25) is 4.79 Å². The number of carbonyl (C=O) groups is 1. The number of hydrogen-bond donors (Lipinski definition) is 0. The lowest BCUT2D eigenvalue weighted by Gasteiger charge is -2.29. The topological polar surface area (TPSA) is 57.7 Å². The molecular weight excluding hydrogens is 440 g/mol. The van der Waals surface area contributed by atoms with E-state index in [1.807, 2.05) is 66.7 Å². The molecular formula is C25H26N2O3S2.